The number of benzene rings is 1. The lowest BCUT2D eigenvalue weighted by molar-refractivity contribution is -0.394. The molecule has 0 aliphatic heterocycles. The highest BCUT2D eigenvalue weighted by atomic mass is 35.5. The smallest absolute Gasteiger partial charge is 0.390 e. The van der Waals surface area contributed by atoms with E-state index in [1.54, 1.807) is 0 Å². The number of nitrogens with one attached hydrogen (secondary N) is 1. The van der Waals surface area contributed by atoms with Crippen molar-refractivity contribution in [2.75, 3.05) is 5.32 Å². The molecule has 0 radical (unpaired) electrons. The van der Waals surface area contributed by atoms with Gasteiger partial charge in [0.05, 0.1) is 11.3 Å². The predicted octanol–water partition coefficient (Wildman–Crippen LogP) is 2.50. The summed E-state index contributed by atoms with van der Waals surface area (Å²) in [5.41, 5.74) is -1.59. The third-order valence-electron chi connectivity index (χ3n) is 2.55. The van der Waals surface area contributed by atoms with Crippen LogP contribution in [0.15, 0.2) is 24.5 Å². The Labute approximate surface area is 131 Å². The first kappa shape index (κ1) is 16.7. The van der Waals surface area contributed by atoms with Crippen molar-refractivity contribution in [3.63, 3.8) is 0 Å². The number of carbonyl (C=O) groups excluding carboxylic acids is 1. The van der Waals surface area contributed by atoms with Crippen molar-refractivity contribution in [3.05, 3.63) is 45.2 Å². The summed E-state index contributed by atoms with van der Waals surface area (Å²) in [4.78, 5) is 24.6. The average molecular weight is 350 g/mol. The summed E-state index contributed by atoms with van der Waals surface area (Å²) < 4.78 is 39.5. The molecular formula is C11H7ClF3N5O3. The van der Waals surface area contributed by atoms with Crippen LogP contribution in [0.4, 0.5) is 24.8 Å². The van der Waals surface area contributed by atoms with E-state index in [0.717, 1.165) is 17.1 Å². The van der Waals surface area contributed by atoms with E-state index in [1.165, 1.54) is 6.07 Å². The minimum absolute atomic E-state index is 0.137. The Kier molecular flexibility index (Phi) is 4.50. The van der Waals surface area contributed by atoms with E-state index >= 15 is 0 Å². The van der Waals surface area contributed by atoms with Gasteiger partial charge in [0.2, 0.25) is 12.2 Å². The van der Waals surface area contributed by atoms with Crippen LogP contribution in [0.3, 0.4) is 0 Å². The molecule has 1 aromatic carbocycles. The molecule has 2 aromatic rings. The van der Waals surface area contributed by atoms with Crippen LogP contribution in [-0.4, -0.2) is 25.6 Å². The van der Waals surface area contributed by atoms with Crippen LogP contribution in [0, 0.1) is 10.1 Å². The number of aromatic nitrogens is 3. The summed E-state index contributed by atoms with van der Waals surface area (Å²) in [6.07, 6.45) is -3.79. The van der Waals surface area contributed by atoms with Crippen LogP contribution in [0.5, 0.6) is 0 Å². The van der Waals surface area contributed by atoms with Gasteiger partial charge < -0.3 is 15.4 Å². The van der Waals surface area contributed by atoms with E-state index in [2.05, 4.69) is 15.4 Å². The number of amides is 1. The van der Waals surface area contributed by atoms with Gasteiger partial charge >= 0.3 is 12.1 Å². The van der Waals surface area contributed by atoms with Gasteiger partial charge in [0.1, 0.15) is 6.54 Å². The van der Waals surface area contributed by atoms with E-state index in [0.29, 0.717) is 6.07 Å². The first-order valence-corrected chi connectivity index (χ1v) is 6.25. The quantitative estimate of drug-likeness (QED) is 0.674. The Balaban J connectivity index is 2.15. The van der Waals surface area contributed by atoms with E-state index in [9.17, 15) is 28.1 Å². The largest absolute Gasteiger partial charge is 0.490 e. The Morgan fingerprint density at radius 2 is 2.13 bits per heavy atom. The number of alkyl halides is 3. The van der Waals surface area contributed by atoms with Crippen molar-refractivity contribution in [2.24, 2.45) is 0 Å². The normalized spacial score (nSPS) is 11.3. The van der Waals surface area contributed by atoms with Crippen molar-refractivity contribution in [2.45, 2.75) is 12.7 Å². The van der Waals surface area contributed by atoms with Gasteiger partial charge in [-0.25, -0.2) is 0 Å². The first-order chi connectivity index (χ1) is 10.7. The Morgan fingerprint density at radius 3 is 2.70 bits per heavy atom. The maximum absolute atomic E-state index is 12.9. The first-order valence-electron chi connectivity index (χ1n) is 5.87. The maximum Gasteiger partial charge on any atom is 0.490 e. The molecule has 0 unspecified atom stereocenters. The zero-order chi connectivity index (χ0) is 17.2. The number of nitro groups is 1. The summed E-state index contributed by atoms with van der Waals surface area (Å²) >= 11 is 5.52. The fourth-order valence-corrected chi connectivity index (χ4v) is 1.81. The van der Waals surface area contributed by atoms with Crippen molar-refractivity contribution in [3.8, 4) is 0 Å². The highest BCUT2D eigenvalue weighted by Crippen LogP contribution is 2.36. The van der Waals surface area contributed by atoms with Crippen LogP contribution in [0.1, 0.15) is 5.56 Å². The monoisotopic (exact) mass is 349 g/mol. The molecule has 0 aliphatic rings. The third-order valence-corrected chi connectivity index (χ3v) is 2.79. The molecule has 122 valence electrons. The number of rotatable bonds is 4. The molecule has 0 saturated heterocycles. The second-order valence-corrected chi connectivity index (χ2v) is 4.67. The molecule has 1 amide bonds. The van der Waals surface area contributed by atoms with Crippen molar-refractivity contribution >= 4 is 29.1 Å². The molecule has 0 fully saturated rings. The Bertz CT molecular complexity index is 762. The number of hydrogen-bond donors (Lipinski definition) is 1. The summed E-state index contributed by atoms with van der Waals surface area (Å²) in [5, 5.41) is 15.7. The highest BCUT2D eigenvalue weighted by molar-refractivity contribution is 6.30. The molecule has 8 nitrogen and oxygen atoms in total. The van der Waals surface area contributed by atoms with E-state index in [1.807, 2.05) is 0 Å². The Morgan fingerprint density at radius 1 is 1.43 bits per heavy atom. The lowest BCUT2D eigenvalue weighted by Gasteiger charge is -2.13. The number of hydrogen-bond acceptors (Lipinski definition) is 5. The van der Waals surface area contributed by atoms with Crippen LogP contribution in [0.2, 0.25) is 5.02 Å². The molecule has 1 aromatic heterocycles. The summed E-state index contributed by atoms with van der Waals surface area (Å²) in [7, 11) is 0. The number of nitrogens with zero attached hydrogens (tertiary/aromatic N) is 4. The summed E-state index contributed by atoms with van der Waals surface area (Å²) in [6, 6.07) is 2.87. The molecular weight excluding hydrogens is 343 g/mol. The molecule has 1 heterocycles. The van der Waals surface area contributed by atoms with Gasteiger partial charge in [-0.15, -0.1) is 0 Å². The van der Waals surface area contributed by atoms with Gasteiger partial charge in [0.15, 0.2) is 0 Å². The fraction of sp³-hybridized carbons (Fsp3) is 0.182. The third kappa shape index (κ3) is 4.16. The topological polar surface area (TPSA) is 103 Å². The molecule has 12 heteroatoms. The van der Waals surface area contributed by atoms with E-state index in [4.69, 9.17) is 11.6 Å². The SMILES string of the molecule is O=C(Cn1cnc([N+](=O)[O-])n1)Nc1ccc(Cl)cc1C(F)(F)F. The van der Waals surface area contributed by atoms with Crippen LogP contribution < -0.4 is 5.32 Å². The Hall–Kier alpha value is -2.69. The van der Waals surface area contributed by atoms with E-state index < -0.39 is 40.8 Å². The van der Waals surface area contributed by atoms with Crippen molar-refractivity contribution in [1.82, 2.24) is 14.8 Å². The lowest BCUT2D eigenvalue weighted by Crippen LogP contribution is -2.21. The van der Waals surface area contributed by atoms with Crippen LogP contribution in [-0.2, 0) is 17.5 Å². The van der Waals surface area contributed by atoms with Crippen molar-refractivity contribution < 1.29 is 22.9 Å². The average Bonchev–Trinajstić information content (AvgIpc) is 2.88. The predicted molar refractivity (Wildman–Crippen MR) is 71.8 cm³/mol. The molecule has 0 atom stereocenters. The van der Waals surface area contributed by atoms with E-state index in [-0.39, 0.29) is 5.02 Å². The molecule has 0 aliphatic carbocycles. The number of carbonyl (C=O) groups is 1. The minimum Gasteiger partial charge on any atom is -0.390 e. The molecule has 0 bridgehead atoms. The van der Waals surface area contributed by atoms with Crippen LogP contribution in [0.25, 0.3) is 0 Å². The second kappa shape index (κ2) is 6.20. The van der Waals surface area contributed by atoms with Gasteiger partial charge in [0.25, 0.3) is 0 Å². The van der Waals surface area contributed by atoms with Gasteiger partial charge in [-0.1, -0.05) is 16.6 Å². The van der Waals surface area contributed by atoms with Crippen molar-refractivity contribution in [1.29, 1.82) is 0 Å². The van der Waals surface area contributed by atoms with Gasteiger partial charge in [0, 0.05) is 10.1 Å². The molecule has 2 rings (SSSR count). The number of anilines is 1. The maximum atomic E-state index is 12.9. The zero-order valence-electron chi connectivity index (χ0n) is 11.0. The molecule has 1 N–H and O–H groups in total. The fourth-order valence-electron chi connectivity index (χ4n) is 1.64. The standard InChI is InChI=1S/C11H7ClF3N5O3/c12-6-1-2-8(7(3-6)11(13,14)15)17-9(21)4-19-5-16-10(18-19)20(22)23/h1-3,5H,4H2,(H,17,21). The lowest BCUT2D eigenvalue weighted by atomic mass is 10.1. The molecule has 0 spiro atoms. The molecule has 0 saturated carbocycles. The summed E-state index contributed by atoms with van der Waals surface area (Å²) in [6.45, 7) is -0.541. The second-order valence-electron chi connectivity index (χ2n) is 4.24. The van der Waals surface area contributed by atoms with Gasteiger partial charge in [-0.2, -0.15) is 17.9 Å². The van der Waals surface area contributed by atoms with Gasteiger partial charge in [-0.3, -0.25) is 4.79 Å². The number of halogens is 4. The summed E-state index contributed by atoms with van der Waals surface area (Å²) in [5.74, 6) is -1.59. The van der Waals surface area contributed by atoms with Gasteiger partial charge in [-0.05, 0) is 23.1 Å². The minimum atomic E-state index is -4.71. The highest BCUT2D eigenvalue weighted by Gasteiger charge is 2.34. The zero-order valence-corrected chi connectivity index (χ0v) is 11.8. The molecule has 23 heavy (non-hydrogen) atoms. The van der Waals surface area contributed by atoms with Crippen LogP contribution >= 0.6 is 11.6 Å².